The van der Waals surface area contributed by atoms with Gasteiger partial charge in [0, 0.05) is 28.8 Å². The number of nitrogens with one attached hydrogen (secondary N) is 1. The molecule has 0 bridgehead atoms. The van der Waals surface area contributed by atoms with E-state index >= 15 is 0 Å². The summed E-state index contributed by atoms with van der Waals surface area (Å²) in [6.07, 6.45) is 3.20. The highest BCUT2D eigenvalue weighted by Gasteiger charge is 2.12. The lowest BCUT2D eigenvalue weighted by Gasteiger charge is -2.16. The van der Waals surface area contributed by atoms with Crippen LogP contribution in [0.4, 0.5) is 4.39 Å². The number of rotatable bonds is 5. The topological polar surface area (TPSA) is 24.9 Å². The number of nitrogens with zero attached hydrogens (tertiary/aromatic N) is 1. The molecule has 100 valence electrons. The van der Waals surface area contributed by atoms with Crippen molar-refractivity contribution < 1.29 is 4.39 Å². The minimum Gasteiger partial charge on any atom is -0.316 e. The molecule has 0 aliphatic carbocycles. The van der Waals surface area contributed by atoms with Crippen LogP contribution >= 0.6 is 15.9 Å². The third-order valence-corrected chi connectivity index (χ3v) is 3.56. The van der Waals surface area contributed by atoms with Crippen LogP contribution in [0.1, 0.15) is 11.3 Å². The number of likely N-dealkylation sites (N-methyl/N-ethyl adjacent to an activating group) is 1. The zero-order valence-corrected chi connectivity index (χ0v) is 12.3. The van der Waals surface area contributed by atoms with E-state index in [1.165, 1.54) is 6.07 Å². The summed E-state index contributed by atoms with van der Waals surface area (Å²) < 4.78 is 14.6. The van der Waals surface area contributed by atoms with Crippen LogP contribution in [0.5, 0.6) is 0 Å². The van der Waals surface area contributed by atoms with Gasteiger partial charge in [0.15, 0.2) is 0 Å². The van der Waals surface area contributed by atoms with E-state index in [0.717, 1.165) is 16.6 Å². The molecule has 4 heteroatoms. The van der Waals surface area contributed by atoms with Crippen molar-refractivity contribution in [1.29, 1.82) is 0 Å². The van der Waals surface area contributed by atoms with Crippen LogP contribution in [0.15, 0.2) is 47.1 Å². The second kappa shape index (κ2) is 6.78. The molecule has 0 saturated heterocycles. The van der Waals surface area contributed by atoms with E-state index in [9.17, 15) is 4.39 Å². The number of hydrogen-bond donors (Lipinski definition) is 1. The summed E-state index contributed by atoms with van der Waals surface area (Å²) >= 11 is 3.38. The molecule has 0 amide bonds. The summed E-state index contributed by atoms with van der Waals surface area (Å²) in [6, 6.07) is 11.1. The highest BCUT2D eigenvalue weighted by Crippen LogP contribution is 2.17. The van der Waals surface area contributed by atoms with Crippen LogP contribution in [0.25, 0.3) is 0 Å². The van der Waals surface area contributed by atoms with Crippen molar-refractivity contribution in [2.45, 2.75) is 18.9 Å². The molecule has 1 heterocycles. The van der Waals surface area contributed by atoms with E-state index in [4.69, 9.17) is 0 Å². The summed E-state index contributed by atoms with van der Waals surface area (Å²) in [4.78, 5) is 4.31. The second-order valence-electron chi connectivity index (χ2n) is 4.45. The number of aromatic nitrogens is 1. The Bertz CT molecular complexity index is 531. The summed E-state index contributed by atoms with van der Waals surface area (Å²) in [7, 11) is 1.89. The predicted octanol–water partition coefficient (Wildman–Crippen LogP) is 3.36. The van der Waals surface area contributed by atoms with Crippen molar-refractivity contribution in [2.24, 2.45) is 0 Å². The quantitative estimate of drug-likeness (QED) is 0.913. The first-order valence-corrected chi connectivity index (χ1v) is 6.99. The van der Waals surface area contributed by atoms with E-state index in [1.807, 2.05) is 31.3 Å². The highest BCUT2D eigenvalue weighted by molar-refractivity contribution is 9.10. The molecule has 1 atom stereocenters. The Morgan fingerprint density at radius 2 is 2.11 bits per heavy atom. The first-order chi connectivity index (χ1) is 9.19. The minimum absolute atomic E-state index is 0.163. The van der Waals surface area contributed by atoms with Gasteiger partial charge in [0.05, 0.1) is 0 Å². The fourth-order valence-electron chi connectivity index (χ4n) is 2.01. The third-order valence-electron chi connectivity index (χ3n) is 3.06. The van der Waals surface area contributed by atoms with Crippen molar-refractivity contribution in [2.75, 3.05) is 7.05 Å². The van der Waals surface area contributed by atoms with Crippen LogP contribution in [-0.4, -0.2) is 18.1 Å². The molecule has 0 saturated carbocycles. The molecule has 1 aromatic carbocycles. The van der Waals surface area contributed by atoms with Crippen molar-refractivity contribution in [3.63, 3.8) is 0 Å². The summed E-state index contributed by atoms with van der Waals surface area (Å²) in [5.41, 5.74) is 1.72. The summed E-state index contributed by atoms with van der Waals surface area (Å²) in [5.74, 6) is -0.163. The van der Waals surface area contributed by atoms with E-state index in [0.29, 0.717) is 12.0 Å². The normalized spacial score (nSPS) is 12.4. The minimum atomic E-state index is -0.163. The van der Waals surface area contributed by atoms with Gasteiger partial charge >= 0.3 is 0 Å². The molecule has 2 rings (SSSR count). The van der Waals surface area contributed by atoms with Gasteiger partial charge in [0.2, 0.25) is 0 Å². The Labute approximate surface area is 121 Å². The standard InChI is InChI=1S/C15H16BrFN2/c1-18-14(10-13-4-2-3-7-19-13)9-11-8-12(16)5-6-15(11)17/h2-8,14,18H,9-10H2,1H3. The maximum absolute atomic E-state index is 13.7. The molecule has 0 aliphatic rings. The maximum atomic E-state index is 13.7. The molecular formula is C15H16BrFN2. The molecule has 1 aromatic heterocycles. The molecule has 2 nitrogen and oxygen atoms in total. The molecule has 0 fully saturated rings. The van der Waals surface area contributed by atoms with Gasteiger partial charge in [0.1, 0.15) is 5.82 Å². The molecule has 0 radical (unpaired) electrons. The Kier molecular flexibility index (Phi) is 5.05. The van der Waals surface area contributed by atoms with Crippen molar-refractivity contribution in [3.05, 3.63) is 64.1 Å². The maximum Gasteiger partial charge on any atom is 0.126 e. The monoisotopic (exact) mass is 322 g/mol. The average molecular weight is 323 g/mol. The lowest BCUT2D eigenvalue weighted by molar-refractivity contribution is 0.527. The van der Waals surface area contributed by atoms with E-state index in [-0.39, 0.29) is 11.9 Å². The van der Waals surface area contributed by atoms with Gasteiger partial charge in [-0.25, -0.2) is 4.39 Å². The Hall–Kier alpha value is -1.26. The Morgan fingerprint density at radius 3 is 2.79 bits per heavy atom. The smallest absolute Gasteiger partial charge is 0.126 e. The summed E-state index contributed by atoms with van der Waals surface area (Å²) in [6.45, 7) is 0. The first kappa shape index (κ1) is 14.2. The van der Waals surface area contributed by atoms with Gasteiger partial charge in [-0.3, -0.25) is 4.98 Å². The van der Waals surface area contributed by atoms with Gasteiger partial charge in [-0.2, -0.15) is 0 Å². The fourth-order valence-corrected chi connectivity index (χ4v) is 2.42. The molecule has 0 spiro atoms. The molecule has 1 N–H and O–H groups in total. The lowest BCUT2D eigenvalue weighted by Crippen LogP contribution is -2.30. The molecular weight excluding hydrogens is 307 g/mol. The predicted molar refractivity (Wildman–Crippen MR) is 78.6 cm³/mol. The molecule has 0 aliphatic heterocycles. The first-order valence-electron chi connectivity index (χ1n) is 6.20. The van der Waals surface area contributed by atoms with Crippen molar-refractivity contribution >= 4 is 15.9 Å². The SMILES string of the molecule is CNC(Cc1ccccn1)Cc1cc(Br)ccc1F. The van der Waals surface area contributed by atoms with Gasteiger partial charge < -0.3 is 5.32 Å². The number of halogens is 2. The number of pyridine rings is 1. The number of hydrogen-bond acceptors (Lipinski definition) is 2. The summed E-state index contributed by atoms with van der Waals surface area (Å²) in [5, 5.41) is 3.22. The molecule has 19 heavy (non-hydrogen) atoms. The van der Waals surface area contributed by atoms with Crippen molar-refractivity contribution in [1.82, 2.24) is 10.3 Å². The van der Waals surface area contributed by atoms with E-state index in [2.05, 4.69) is 26.2 Å². The van der Waals surface area contributed by atoms with E-state index in [1.54, 1.807) is 12.3 Å². The van der Waals surface area contributed by atoms with E-state index < -0.39 is 0 Å². The van der Waals surface area contributed by atoms with Crippen molar-refractivity contribution in [3.8, 4) is 0 Å². The van der Waals surface area contributed by atoms with Crippen LogP contribution in [0.3, 0.4) is 0 Å². The Morgan fingerprint density at radius 1 is 1.26 bits per heavy atom. The van der Waals surface area contributed by atoms with Crippen LogP contribution in [0, 0.1) is 5.82 Å². The number of benzene rings is 1. The zero-order chi connectivity index (χ0) is 13.7. The van der Waals surface area contributed by atoms with Crippen LogP contribution in [0.2, 0.25) is 0 Å². The zero-order valence-electron chi connectivity index (χ0n) is 10.7. The van der Waals surface area contributed by atoms with Gasteiger partial charge in [0.25, 0.3) is 0 Å². The average Bonchev–Trinajstić information content (AvgIpc) is 2.43. The van der Waals surface area contributed by atoms with Crippen LogP contribution in [-0.2, 0) is 12.8 Å². The lowest BCUT2D eigenvalue weighted by atomic mass is 10.0. The largest absolute Gasteiger partial charge is 0.316 e. The van der Waals surface area contributed by atoms with Gasteiger partial charge in [-0.15, -0.1) is 0 Å². The van der Waals surface area contributed by atoms with Gasteiger partial charge in [-0.05, 0) is 49.4 Å². The molecule has 2 aromatic rings. The third kappa shape index (κ3) is 4.11. The Balaban J connectivity index is 2.09. The highest BCUT2D eigenvalue weighted by atomic mass is 79.9. The molecule has 1 unspecified atom stereocenters. The van der Waals surface area contributed by atoms with Gasteiger partial charge in [-0.1, -0.05) is 22.0 Å². The second-order valence-corrected chi connectivity index (χ2v) is 5.37. The van der Waals surface area contributed by atoms with Crippen LogP contribution < -0.4 is 5.32 Å². The fraction of sp³-hybridized carbons (Fsp3) is 0.267.